The van der Waals surface area contributed by atoms with Crippen LogP contribution in [-0.2, 0) is 12.5 Å². The van der Waals surface area contributed by atoms with Crippen molar-refractivity contribution in [2.24, 2.45) is 7.05 Å². The van der Waals surface area contributed by atoms with Gasteiger partial charge in [-0.1, -0.05) is 37.3 Å². The number of rotatable bonds is 4. The van der Waals surface area contributed by atoms with Crippen LogP contribution in [0.5, 0.6) is 0 Å². The third-order valence-electron chi connectivity index (χ3n) is 6.06. The van der Waals surface area contributed by atoms with Crippen LogP contribution in [0.15, 0.2) is 47.5 Å². The highest BCUT2D eigenvalue weighted by Crippen LogP contribution is 2.43. The lowest BCUT2D eigenvalue weighted by Gasteiger charge is -2.48. The Morgan fingerprint density at radius 1 is 1.19 bits per heavy atom. The van der Waals surface area contributed by atoms with Gasteiger partial charge in [0.1, 0.15) is 0 Å². The van der Waals surface area contributed by atoms with Crippen molar-refractivity contribution >= 4 is 5.82 Å². The molecule has 1 saturated heterocycles. The number of nitrogens with one attached hydrogen (secondary N) is 1. The Labute approximate surface area is 155 Å². The Morgan fingerprint density at radius 3 is 2.73 bits per heavy atom. The number of aromatic nitrogens is 2. The Bertz CT molecular complexity index is 810. The van der Waals surface area contributed by atoms with Crippen LogP contribution >= 0.6 is 0 Å². The molecule has 1 aliphatic carbocycles. The molecule has 1 N–H and O–H groups in total. The summed E-state index contributed by atoms with van der Waals surface area (Å²) >= 11 is 0. The zero-order valence-electron chi connectivity index (χ0n) is 15.7. The summed E-state index contributed by atoms with van der Waals surface area (Å²) in [6.07, 6.45) is 8.05. The molecule has 1 saturated carbocycles. The fourth-order valence-corrected chi connectivity index (χ4v) is 4.56. The van der Waals surface area contributed by atoms with E-state index in [0.717, 1.165) is 19.5 Å². The van der Waals surface area contributed by atoms with Gasteiger partial charge < -0.3 is 14.8 Å². The van der Waals surface area contributed by atoms with Crippen LogP contribution in [0.1, 0.15) is 38.2 Å². The molecule has 5 heteroatoms. The predicted octanol–water partition coefficient (Wildman–Crippen LogP) is 2.46. The topological polar surface area (TPSA) is 50.2 Å². The first-order valence-electron chi connectivity index (χ1n) is 9.63. The average Bonchev–Trinajstić information content (AvgIpc) is 2.63. The molecule has 138 valence electrons. The average molecular weight is 352 g/mol. The summed E-state index contributed by atoms with van der Waals surface area (Å²) in [5.74, 6) is 0.587. The molecule has 1 atom stereocenters. The summed E-state index contributed by atoms with van der Waals surface area (Å²) < 4.78 is 1.61. The number of piperidine rings is 1. The lowest BCUT2D eigenvalue weighted by atomic mass is 9.63. The first-order chi connectivity index (χ1) is 12.5. The molecule has 2 heterocycles. The zero-order chi connectivity index (χ0) is 18.1. The van der Waals surface area contributed by atoms with Crippen molar-refractivity contribution in [3.8, 4) is 0 Å². The molecule has 0 radical (unpaired) electrons. The number of hydrogen-bond acceptors (Lipinski definition) is 4. The first kappa shape index (κ1) is 17.3. The standard InChI is InChI=1S/C21H28N4O/c1-21(16-7-4-3-5-8-16)13-18(14-21)23-17-9-6-11-25(15-17)19-20(26)24(2)12-10-22-19/h3-5,7-8,10,12,17-18,23H,6,9,11,13-15H2,1-2H3. The van der Waals surface area contributed by atoms with Gasteiger partial charge in [0.2, 0.25) is 0 Å². The van der Waals surface area contributed by atoms with E-state index in [2.05, 4.69) is 52.5 Å². The number of aryl methyl sites for hydroxylation is 1. The second-order valence-electron chi connectivity index (χ2n) is 8.15. The first-order valence-corrected chi connectivity index (χ1v) is 9.63. The lowest BCUT2D eigenvalue weighted by Crippen LogP contribution is -2.57. The Kier molecular flexibility index (Phi) is 4.57. The molecule has 4 rings (SSSR count). The molecule has 0 bridgehead atoms. The summed E-state index contributed by atoms with van der Waals surface area (Å²) in [5.41, 5.74) is 1.73. The number of nitrogens with zero attached hydrogens (tertiary/aromatic N) is 3. The normalized spacial score (nSPS) is 28.6. The van der Waals surface area contributed by atoms with E-state index in [1.54, 1.807) is 24.0 Å². The van der Waals surface area contributed by atoms with E-state index in [9.17, 15) is 4.79 Å². The summed E-state index contributed by atoms with van der Waals surface area (Å²) in [6.45, 7) is 4.15. The summed E-state index contributed by atoms with van der Waals surface area (Å²) in [6, 6.07) is 11.8. The van der Waals surface area contributed by atoms with Gasteiger partial charge in [-0.3, -0.25) is 4.79 Å². The molecule has 1 aromatic heterocycles. The SMILES string of the molecule is Cn1ccnc(N2CCCC(NC3CC(C)(c4ccccc4)C3)C2)c1=O. The highest BCUT2D eigenvalue weighted by Gasteiger charge is 2.42. The molecule has 2 fully saturated rings. The van der Waals surface area contributed by atoms with E-state index >= 15 is 0 Å². The van der Waals surface area contributed by atoms with Gasteiger partial charge in [-0.25, -0.2) is 4.98 Å². The molecule has 5 nitrogen and oxygen atoms in total. The zero-order valence-corrected chi connectivity index (χ0v) is 15.7. The second kappa shape index (κ2) is 6.88. The maximum Gasteiger partial charge on any atom is 0.293 e. The molecule has 2 aromatic rings. The molecule has 1 aromatic carbocycles. The van der Waals surface area contributed by atoms with Crippen LogP contribution in [0, 0.1) is 0 Å². The number of anilines is 1. The van der Waals surface area contributed by atoms with Gasteiger partial charge in [0.25, 0.3) is 5.56 Å². The van der Waals surface area contributed by atoms with Crippen molar-refractivity contribution < 1.29 is 0 Å². The molecule has 2 aliphatic rings. The highest BCUT2D eigenvalue weighted by atomic mass is 16.1. The van der Waals surface area contributed by atoms with Gasteiger partial charge in [0.15, 0.2) is 5.82 Å². The molecule has 26 heavy (non-hydrogen) atoms. The predicted molar refractivity (Wildman–Crippen MR) is 105 cm³/mol. The molecule has 0 amide bonds. The van der Waals surface area contributed by atoms with E-state index < -0.39 is 0 Å². The van der Waals surface area contributed by atoms with Crippen LogP contribution in [-0.4, -0.2) is 34.7 Å². The smallest absolute Gasteiger partial charge is 0.293 e. The molecule has 1 unspecified atom stereocenters. The maximum absolute atomic E-state index is 12.3. The third-order valence-corrected chi connectivity index (χ3v) is 6.06. The molecule has 0 spiro atoms. The van der Waals surface area contributed by atoms with Gasteiger partial charge in [-0.2, -0.15) is 0 Å². The fourth-order valence-electron chi connectivity index (χ4n) is 4.56. The van der Waals surface area contributed by atoms with Gasteiger partial charge in [-0.15, -0.1) is 0 Å². The Morgan fingerprint density at radius 2 is 1.96 bits per heavy atom. The van der Waals surface area contributed by atoms with Crippen LogP contribution in [0.25, 0.3) is 0 Å². The minimum Gasteiger partial charge on any atom is -0.350 e. The Balaban J connectivity index is 1.37. The van der Waals surface area contributed by atoms with Crippen molar-refractivity contribution in [3.05, 3.63) is 58.6 Å². The lowest BCUT2D eigenvalue weighted by molar-refractivity contribution is 0.170. The van der Waals surface area contributed by atoms with Crippen LogP contribution < -0.4 is 15.8 Å². The maximum atomic E-state index is 12.3. The molecule has 1 aliphatic heterocycles. The highest BCUT2D eigenvalue weighted by molar-refractivity contribution is 5.36. The van der Waals surface area contributed by atoms with Gasteiger partial charge in [0.05, 0.1) is 0 Å². The third kappa shape index (κ3) is 3.28. The summed E-state index contributed by atoms with van der Waals surface area (Å²) in [5, 5.41) is 3.84. The van der Waals surface area contributed by atoms with Crippen LogP contribution in [0.2, 0.25) is 0 Å². The molecular weight excluding hydrogens is 324 g/mol. The number of hydrogen-bond donors (Lipinski definition) is 1. The minimum absolute atomic E-state index is 0.00607. The van der Waals surface area contributed by atoms with Crippen molar-refractivity contribution in [3.63, 3.8) is 0 Å². The van der Waals surface area contributed by atoms with E-state index in [-0.39, 0.29) is 5.56 Å². The van der Waals surface area contributed by atoms with E-state index in [1.165, 1.54) is 24.8 Å². The van der Waals surface area contributed by atoms with Gasteiger partial charge in [-0.05, 0) is 36.7 Å². The quantitative estimate of drug-likeness (QED) is 0.918. The van der Waals surface area contributed by atoms with E-state index in [0.29, 0.717) is 23.3 Å². The van der Waals surface area contributed by atoms with Crippen molar-refractivity contribution in [1.82, 2.24) is 14.9 Å². The summed E-state index contributed by atoms with van der Waals surface area (Å²) in [4.78, 5) is 18.8. The largest absolute Gasteiger partial charge is 0.350 e. The Hall–Kier alpha value is -2.14. The minimum atomic E-state index is -0.00607. The van der Waals surface area contributed by atoms with Gasteiger partial charge >= 0.3 is 0 Å². The summed E-state index contributed by atoms with van der Waals surface area (Å²) in [7, 11) is 1.78. The van der Waals surface area contributed by atoms with Gasteiger partial charge in [0, 0.05) is 44.6 Å². The fraction of sp³-hybridized carbons (Fsp3) is 0.524. The number of benzene rings is 1. The van der Waals surface area contributed by atoms with Crippen molar-refractivity contribution in [2.75, 3.05) is 18.0 Å². The monoisotopic (exact) mass is 352 g/mol. The molecular formula is C21H28N4O. The van der Waals surface area contributed by atoms with Crippen molar-refractivity contribution in [2.45, 2.75) is 50.1 Å². The van der Waals surface area contributed by atoms with Crippen LogP contribution in [0.3, 0.4) is 0 Å². The second-order valence-corrected chi connectivity index (χ2v) is 8.15. The van der Waals surface area contributed by atoms with E-state index in [1.807, 2.05) is 0 Å². The van der Waals surface area contributed by atoms with Crippen molar-refractivity contribution in [1.29, 1.82) is 0 Å². The van der Waals surface area contributed by atoms with E-state index in [4.69, 9.17) is 0 Å². The van der Waals surface area contributed by atoms with Crippen LogP contribution in [0.4, 0.5) is 5.82 Å².